The van der Waals surface area contributed by atoms with Gasteiger partial charge in [0.15, 0.2) is 0 Å². The molecule has 23 heavy (non-hydrogen) atoms. The molecule has 0 radical (unpaired) electrons. The topological polar surface area (TPSA) is 31.4 Å². The van der Waals surface area contributed by atoms with Crippen molar-refractivity contribution in [2.45, 2.75) is 12.8 Å². The first-order chi connectivity index (χ1) is 11.3. The molecule has 3 rings (SSSR count). The molecule has 0 saturated heterocycles. The number of methoxy groups -OCH3 is 2. The maximum Gasteiger partial charge on any atom is 0.131 e. The van der Waals surface area contributed by atoms with Crippen LogP contribution in [-0.2, 0) is 12.8 Å². The van der Waals surface area contributed by atoms with E-state index in [1.165, 1.54) is 5.56 Å². The lowest BCUT2D eigenvalue weighted by Crippen LogP contribution is -1.92. The molecule has 0 bridgehead atoms. The van der Waals surface area contributed by atoms with Crippen LogP contribution in [0.25, 0.3) is 11.3 Å². The molecule has 118 valence electrons. The Morgan fingerprint density at radius 2 is 1.78 bits per heavy atom. The molecule has 0 fully saturated rings. The van der Waals surface area contributed by atoms with Gasteiger partial charge < -0.3 is 9.47 Å². The quantitative estimate of drug-likeness (QED) is 0.663. The SMILES string of the molecule is COc1ccc(-c2csc(CCc3ccccc3)n2)c(OC)c1. The van der Waals surface area contributed by atoms with E-state index in [1.54, 1.807) is 25.6 Å². The molecule has 3 nitrogen and oxygen atoms in total. The van der Waals surface area contributed by atoms with Crippen LogP contribution >= 0.6 is 11.3 Å². The summed E-state index contributed by atoms with van der Waals surface area (Å²) in [6, 6.07) is 16.3. The van der Waals surface area contributed by atoms with Crippen LogP contribution in [0.5, 0.6) is 11.5 Å². The van der Waals surface area contributed by atoms with E-state index in [9.17, 15) is 0 Å². The van der Waals surface area contributed by atoms with Gasteiger partial charge >= 0.3 is 0 Å². The van der Waals surface area contributed by atoms with Crippen molar-refractivity contribution in [1.29, 1.82) is 0 Å². The number of aryl methyl sites for hydroxylation is 2. The van der Waals surface area contributed by atoms with Gasteiger partial charge in [-0.05, 0) is 24.1 Å². The molecule has 0 amide bonds. The minimum Gasteiger partial charge on any atom is -0.497 e. The second-order valence-electron chi connectivity index (χ2n) is 5.18. The van der Waals surface area contributed by atoms with Gasteiger partial charge in [-0.15, -0.1) is 11.3 Å². The molecule has 0 atom stereocenters. The zero-order valence-corrected chi connectivity index (χ0v) is 14.1. The first-order valence-corrected chi connectivity index (χ1v) is 8.39. The predicted octanol–water partition coefficient (Wildman–Crippen LogP) is 4.61. The van der Waals surface area contributed by atoms with Crippen LogP contribution in [0.1, 0.15) is 10.6 Å². The van der Waals surface area contributed by atoms with E-state index in [1.807, 2.05) is 24.3 Å². The summed E-state index contributed by atoms with van der Waals surface area (Å²) in [4.78, 5) is 4.76. The Balaban J connectivity index is 1.76. The molecule has 0 aliphatic heterocycles. The molecule has 1 heterocycles. The van der Waals surface area contributed by atoms with Crippen LogP contribution < -0.4 is 9.47 Å². The van der Waals surface area contributed by atoms with Crippen molar-refractivity contribution < 1.29 is 9.47 Å². The third-order valence-corrected chi connectivity index (χ3v) is 4.62. The Bertz CT molecular complexity index is 768. The van der Waals surface area contributed by atoms with E-state index in [0.717, 1.165) is 40.6 Å². The highest BCUT2D eigenvalue weighted by molar-refractivity contribution is 7.09. The van der Waals surface area contributed by atoms with E-state index >= 15 is 0 Å². The van der Waals surface area contributed by atoms with E-state index in [-0.39, 0.29) is 0 Å². The monoisotopic (exact) mass is 325 g/mol. The number of aromatic nitrogens is 1. The molecular weight excluding hydrogens is 306 g/mol. The Labute approximate surface area is 140 Å². The summed E-state index contributed by atoms with van der Waals surface area (Å²) >= 11 is 1.69. The lowest BCUT2D eigenvalue weighted by atomic mass is 10.1. The average Bonchev–Trinajstić information content (AvgIpc) is 3.09. The fourth-order valence-electron chi connectivity index (χ4n) is 2.46. The van der Waals surface area contributed by atoms with Gasteiger partial charge in [-0.2, -0.15) is 0 Å². The Hall–Kier alpha value is -2.33. The Morgan fingerprint density at radius 3 is 2.52 bits per heavy atom. The van der Waals surface area contributed by atoms with Crippen molar-refractivity contribution in [1.82, 2.24) is 4.98 Å². The number of nitrogens with zero attached hydrogens (tertiary/aromatic N) is 1. The highest BCUT2D eigenvalue weighted by Gasteiger charge is 2.11. The van der Waals surface area contributed by atoms with Gasteiger partial charge in [0, 0.05) is 23.4 Å². The Kier molecular flexibility index (Phi) is 4.93. The average molecular weight is 325 g/mol. The summed E-state index contributed by atoms with van der Waals surface area (Å²) in [6.45, 7) is 0. The highest BCUT2D eigenvalue weighted by Crippen LogP contribution is 2.33. The minimum absolute atomic E-state index is 0.782. The molecule has 0 unspecified atom stereocenters. The van der Waals surface area contributed by atoms with E-state index in [4.69, 9.17) is 14.5 Å². The second-order valence-corrected chi connectivity index (χ2v) is 6.12. The standard InChI is InChI=1S/C19H19NO2S/c1-21-15-9-10-16(18(12-15)22-2)17-13-23-19(20-17)11-8-14-6-4-3-5-7-14/h3-7,9-10,12-13H,8,11H2,1-2H3. The summed E-state index contributed by atoms with van der Waals surface area (Å²) in [5.41, 5.74) is 3.29. The third kappa shape index (κ3) is 3.71. The molecule has 3 aromatic rings. The maximum absolute atomic E-state index is 5.47. The van der Waals surface area contributed by atoms with Crippen molar-refractivity contribution in [3.05, 3.63) is 64.5 Å². The van der Waals surface area contributed by atoms with Crippen molar-refractivity contribution in [2.24, 2.45) is 0 Å². The molecule has 0 spiro atoms. The second kappa shape index (κ2) is 7.29. The summed E-state index contributed by atoms with van der Waals surface area (Å²) in [5, 5.41) is 3.23. The van der Waals surface area contributed by atoms with Crippen molar-refractivity contribution in [2.75, 3.05) is 14.2 Å². The molecule has 1 aromatic heterocycles. The van der Waals surface area contributed by atoms with Crippen LogP contribution in [0.4, 0.5) is 0 Å². The van der Waals surface area contributed by atoms with Crippen LogP contribution in [0.2, 0.25) is 0 Å². The van der Waals surface area contributed by atoms with E-state index < -0.39 is 0 Å². The van der Waals surface area contributed by atoms with Gasteiger partial charge in [0.05, 0.1) is 24.9 Å². The lowest BCUT2D eigenvalue weighted by molar-refractivity contribution is 0.395. The van der Waals surface area contributed by atoms with Gasteiger partial charge in [0.25, 0.3) is 0 Å². The van der Waals surface area contributed by atoms with Gasteiger partial charge in [0.1, 0.15) is 11.5 Å². The van der Waals surface area contributed by atoms with Crippen LogP contribution in [0.15, 0.2) is 53.9 Å². The number of benzene rings is 2. The van der Waals surface area contributed by atoms with Gasteiger partial charge in [-0.25, -0.2) is 4.98 Å². The van der Waals surface area contributed by atoms with E-state index in [0.29, 0.717) is 0 Å². The fourth-order valence-corrected chi connectivity index (χ4v) is 3.25. The number of rotatable bonds is 6. The zero-order valence-electron chi connectivity index (χ0n) is 13.3. The van der Waals surface area contributed by atoms with Gasteiger partial charge in [-0.3, -0.25) is 0 Å². The third-order valence-electron chi connectivity index (χ3n) is 3.71. The molecule has 0 aliphatic carbocycles. The predicted molar refractivity (Wildman–Crippen MR) is 94.5 cm³/mol. The van der Waals surface area contributed by atoms with E-state index in [2.05, 4.69) is 29.6 Å². The van der Waals surface area contributed by atoms with Crippen LogP contribution in [0.3, 0.4) is 0 Å². The zero-order chi connectivity index (χ0) is 16.1. The Morgan fingerprint density at radius 1 is 0.957 bits per heavy atom. The van der Waals surface area contributed by atoms with Gasteiger partial charge in [0.2, 0.25) is 0 Å². The van der Waals surface area contributed by atoms with Crippen LogP contribution in [-0.4, -0.2) is 19.2 Å². The molecule has 4 heteroatoms. The van der Waals surface area contributed by atoms with Crippen molar-refractivity contribution in [3.8, 4) is 22.8 Å². The molecular formula is C19H19NO2S. The molecule has 2 aromatic carbocycles. The fraction of sp³-hybridized carbons (Fsp3) is 0.211. The summed E-state index contributed by atoms with van der Waals surface area (Å²) in [5.74, 6) is 1.56. The maximum atomic E-state index is 5.47. The first kappa shape index (κ1) is 15.6. The first-order valence-electron chi connectivity index (χ1n) is 7.51. The number of hydrogen-bond donors (Lipinski definition) is 0. The summed E-state index contributed by atoms with van der Waals surface area (Å²) < 4.78 is 10.7. The molecule has 0 aliphatic rings. The summed E-state index contributed by atoms with van der Waals surface area (Å²) in [6.07, 6.45) is 1.96. The summed E-state index contributed by atoms with van der Waals surface area (Å²) in [7, 11) is 3.32. The minimum atomic E-state index is 0.782. The lowest BCUT2D eigenvalue weighted by Gasteiger charge is -2.08. The smallest absolute Gasteiger partial charge is 0.131 e. The number of hydrogen-bond acceptors (Lipinski definition) is 4. The number of ether oxygens (including phenoxy) is 2. The number of thiazole rings is 1. The normalized spacial score (nSPS) is 10.5. The largest absolute Gasteiger partial charge is 0.497 e. The molecule has 0 N–H and O–H groups in total. The molecule has 0 saturated carbocycles. The van der Waals surface area contributed by atoms with Crippen LogP contribution in [0, 0.1) is 0 Å². The van der Waals surface area contributed by atoms with Gasteiger partial charge in [-0.1, -0.05) is 30.3 Å². The highest BCUT2D eigenvalue weighted by atomic mass is 32.1. The van der Waals surface area contributed by atoms with Crippen molar-refractivity contribution in [3.63, 3.8) is 0 Å². The van der Waals surface area contributed by atoms with Crippen molar-refractivity contribution >= 4 is 11.3 Å².